The van der Waals surface area contributed by atoms with E-state index in [0.717, 1.165) is 38.5 Å². The molecule has 0 N–H and O–H groups in total. The quantitative estimate of drug-likeness (QED) is 0.297. The zero-order chi connectivity index (χ0) is 15.9. The van der Waals surface area contributed by atoms with Crippen LogP contribution in [0.4, 0.5) is 0 Å². The molecule has 0 radical (unpaired) electrons. The summed E-state index contributed by atoms with van der Waals surface area (Å²) in [5.41, 5.74) is 0. The first-order chi connectivity index (χ1) is 10.1. The Bertz CT molecular complexity index is 301. The smallest absolute Gasteiger partial charge is 0.306 e. The van der Waals surface area contributed by atoms with E-state index in [0.29, 0.717) is 19.1 Å². The molecule has 0 aromatic carbocycles. The predicted octanol–water partition coefficient (Wildman–Crippen LogP) is 3.19. The number of hydrogen-bond donors (Lipinski definition) is 0. The largest absolute Gasteiger partial charge is 0.462 e. The van der Waals surface area contributed by atoms with Gasteiger partial charge in [-0.1, -0.05) is 39.5 Å². The van der Waals surface area contributed by atoms with Crippen LogP contribution in [0, 0.1) is 0 Å². The fourth-order valence-corrected chi connectivity index (χ4v) is 1.80. The van der Waals surface area contributed by atoms with Gasteiger partial charge in [-0.3, -0.25) is 9.59 Å². The Hall–Kier alpha value is -1.39. The number of aldehydes is 1. The van der Waals surface area contributed by atoms with E-state index in [1.807, 2.05) is 0 Å². The molecule has 122 valence electrons. The minimum atomic E-state index is -0.660. The highest BCUT2D eigenvalue weighted by atomic mass is 16.6. The number of unbranched alkanes of at least 4 members (excludes halogenated alkanes) is 4. The van der Waals surface area contributed by atoms with Crippen LogP contribution in [0.15, 0.2) is 0 Å². The number of esters is 2. The zero-order valence-corrected chi connectivity index (χ0v) is 13.3. The molecule has 0 bridgehead atoms. The number of carbonyl (C=O) groups is 3. The van der Waals surface area contributed by atoms with Gasteiger partial charge in [-0.2, -0.15) is 0 Å². The lowest BCUT2D eigenvalue weighted by Crippen LogP contribution is -2.25. The average molecular weight is 300 g/mol. The van der Waals surface area contributed by atoms with Crippen molar-refractivity contribution in [3.8, 4) is 0 Å². The van der Waals surface area contributed by atoms with Crippen LogP contribution in [-0.4, -0.2) is 30.9 Å². The summed E-state index contributed by atoms with van der Waals surface area (Å²) < 4.78 is 10.2. The second kappa shape index (κ2) is 13.6. The molecule has 1 unspecified atom stereocenters. The van der Waals surface area contributed by atoms with Gasteiger partial charge in [0.1, 0.15) is 19.0 Å². The lowest BCUT2D eigenvalue weighted by Gasteiger charge is -2.15. The summed E-state index contributed by atoms with van der Waals surface area (Å²) in [7, 11) is 0. The van der Waals surface area contributed by atoms with Crippen LogP contribution in [0.5, 0.6) is 0 Å². The standard InChI is InChI=1S/C16H28O5/c1-3-5-7-9-15(18)20-13-14(11-12-17)21-16(19)10-8-6-4-2/h12,14H,3-11,13H2,1-2H3. The zero-order valence-electron chi connectivity index (χ0n) is 13.3. The monoisotopic (exact) mass is 300 g/mol. The molecule has 21 heavy (non-hydrogen) atoms. The van der Waals surface area contributed by atoms with Gasteiger partial charge in [0.05, 0.1) is 0 Å². The van der Waals surface area contributed by atoms with Gasteiger partial charge in [0.2, 0.25) is 0 Å². The van der Waals surface area contributed by atoms with Crippen molar-refractivity contribution in [3.63, 3.8) is 0 Å². The van der Waals surface area contributed by atoms with Crippen LogP contribution < -0.4 is 0 Å². The number of hydrogen-bond acceptors (Lipinski definition) is 5. The Morgan fingerprint density at radius 3 is 2.05 bits per heavy atom. The third kappa shape index (κ3) is 12.1. The SMILES string of the molecule is CCCCCC(=O)OCC(CC=O)OC(=O)CCCCC. The van der Waals surface area contributed by atoms with E-state index in [-0.39, 0.29) is 25.0 Å². The molecule has 0 heterocycles. The van der Waals surface area contributed by atoms with Crippen molar-refractivity contribution in [3.05, 3.63) is 0 Å². The summed E-state index contributed by atoms with van der Waals surface area (Å²) in [6.45, 7) is 4.07. The summed E-state index contributed by atoms with van der Waals surface area (Å²) in [6, 6.07) is 0. The molecule has 0 aliphatic rings. The lowest BCUT2D eigenvalue weighted by molar-refractivity contribution is -0.159. The van der Waals surface area contributed by atoms with Crippen molar-refractivity contribution >= 4 is 18.2 Å². The van der Waals surface area contributed by atoms with E-state index in [4.69, 9.17) is 9.47 Å². The molecular formula is C16H28O5. The van der Waals surface area contributed by atoms with Crippen LogP contribution >= 0.6 is 0 Å². The normalized spacial score (nSPS) is 11.7. The molecule has 5 nitrogen and oxygen atoms in total. The van der Waals surface area contributed by atoms with Gasteiger partial charge in [0, 0.05) is 19.3 Å². The fraction of sp³-hybridized carbons (Fsp3) is 0.812. The number of ether oxygens (including phenoxy) is 2. The van der Waals surface area contributed by atoms with Gasteiger partial charge >= 0.3 is 11.9 Å². The Kier molecular flexibility index (Phi) is 12.7. The molecule has 5 heteroatoms. The van der Waals surface area contributed by atoms with Crippen LogP contribution in [0.1, 0.15) is 71.6 Å². The van der Waals surface area contributed by atoms with Crippen molar-refractivity contribution in [2.45, 2.75) is 77.7 Å². The molecule has 0 spiro atoms. The Labute approximate surface area is 127 Å². The first kappa shape index (κ1) is 19.6. The average Bonchev–Trinajstić information content (AvgIpc) is 2.45. The molecule has 0 rings (SSSR count). The molecule has 0 aliphatic carbocycles. The van der Waals surface area contributed by atoms with Crippen molar-refractivity contribution in [1.82, 2.24) is 0 Å². The molecular weight excluding hydrogens is 272 g/mol. The molecule has 1 atom stereocenters. The summed E-state index contributed by atoms with van der Waals surface area (Å²) in [5.74, 6) is -0.640. The first-order valence-electron chi connectivity index (χ1n) is 7.92. The molecule has 0 aromatic rings. The summed E-state index contributed by atoms with van der Waals surface area (Å²) in [6.07, 6.45) is 6.38. The minimum Gasteiger partial charge on any atom is -0.462 e. The third-order valence-electron chi connectivity index (χ3n) is 3.06. The topological polar surface area (TPSA) is 69.7 Å². The van der Waals surface area contributed by atoms with Crippen LogP contribution in [0.2, 0.25) is 0 Å². The molecule has 0 amide bonds. The highest BCUT2D eigenvalue weighted by Crippen LogP contribution is 2.07. The fourth-order valence-electron chi connectivity index (χ4n) is 1.80. The number of carbonyl (C=O) groups excluding carboxylic acids is 3. The lowest BCUT2D eigenvalue weighted by atomic mass is 10.2. The van der Waals surface area contributed by atoms with Crippen LogP contribution in [-0.2, 0) is 23.9 Å². The van der Waals surface area contributed by atoms with Gasteiger partial charge in [-0.25, -0.2) is 0 Å². The van der Waals surface area contributed by atoms with E-state index in [1.165, 1.54) is 0 Å². The predicted molar refractivity (Wildman–Crippen MR) is 79.8 cm³/mol. The van der Waals surface area contributed by atoms with E-state index in [9.17, 15) is 14.4 Å². The van der Waals surface area contributed by atoms with E-state index in [2.05, 4.69) is 13.8 Å². The van der Waals surface area contributed by atoms with Crippen molar-refractivity contribution < 1.29 is 23.9 Å². The molecule has 0 aliphatic heterocycles. The highest BCUT2D eigenvalue weighted by molar-refractivity contribution is 5.70. The van der Waals surface area contributed by atoms with Gasteiger partial charge in [0.15, 0.2) is 0 Å². The van der Waals surface area contributed by atoms with Crippen molar-refractivity contribution in [2.24, 2.45) is 0 Å². The van der Waals surface area contributed by atoms with Gasteiger partial charge in [-0.05, 0) is 12.8 Å². The van der Waals surface area contributed by atoms with E-state index in [1.54, 1.807) is 0 Å². The maximum Gasteiger partial charge on any atom is 0.306 e. The third-order valence-corrected chi connectivity index (χ3v) is 3.06. The molecule has 0 saturated carbocycles. The molecule has 0 saturated heterocycles. The van der Waals surface area contributed by atoms with Crippen molar-refractivity contribution in [1.29, 1.82) is 0 Å². The maximum atomic E-state index is 11.6. The summed E-state index contributed by atoms with van der Waals surface area (Å²) >= 11 is 0. The summed E-state index contributed by atoms with van der Waals surface area (Å²) in [4.78, 5) is 33.6. The summed E-state index contributed by atoms with van der Waals surface area (Å²) in [5, 5.41) is 0. The van der Waals surface area contributed by atoms with Crippen LogP contribution in [0.25, 0.3) is 0 Å². The second-order valence-electron chi connectivity index (χ2n) is 5.11. The highest BCUT2D eigenvalue weighted by Gasteiger charge is 2.16. The van der Waals surface area contributed by atoms with Crippen LogP contribution in [0.3, 0.4) is 0 Å². The minimum absolute atomic E-state index is 0.0385. The molecule has 0 aromatic heterocycles. The van der Waals surface area contributed by atoms with Gasteiger partial charge in [0.25, 0.3) is 0 Å². The van der Waals surface area contributed by atoms with Crippen molar-refractivity contribution in [2.75, 3.05) is 6.61 Å². The molecule has 0 fully saturated rings. The van der Waals surface area contributed by atoms with E-state index < -0.39 is 6.10 Å². The second-order valence-corrected chi connectivity index (χ2v) is 5.11. The Morgan fingerprint density at radius 2 is 1.52 bits per heavy atom. The Balaban J connectivity index is 3.97. The Morgan fingerprint density at radius 1 is 0.952 bits per heavy atom. The number of rotatable bonds is 13. The first-order valence-corrected chi connectivity index (χ1v) is 7.92. The van der Waals surface area contributed by atoms with Gasteiger partial charge < -0.3 is 14.3 Å². The maximum absolute atomic E-state index is 11.6. The van der Waals surface area contributed by atoms with E-state index >= 15 is 0 Å². The van der Waals surface area contributed by atoms with Gasteiger partial charge in [-0.15, -0.1) is 0 Å².